The highest BCUT2D eigenvalue weighted by atomic mass is 35.5. The van der Waals surface area contributed by atoms with E-state index in [1.807, 2.05) is 12.1 Å². The van der Waals surface area contributed by atoms with E-state index in [2.05, 4.69) is 22.3 Å². The Kier molecular flexibility index (Phi) is 4.10. The number of hydrogen-bond acceptors (Lipinski definition) is 5. The zero-order valence-corrected chi connectivity index (χ0v) is 16.7. The van der Waals surface area contributed by atoms with Crippen LogP contribution in [0.1, 0.15) is 54.4 Å². The Morgan fingerprint density at radius 1 is 1.07 bits per heavy atom. The summed E-state index contributed by atoms with van der Waals surface area (Å²) in [5.41, 5.74) is 2.52. The first-order valence-corrected chi connectivity index (χ1v) is 11.3. The normalized spacial score (nSPS) is 20.5. The van der Waals surface area contributed by atoms with Crippen LogP contribution in [0.5, 0.6) is 0 Å². The molecule has 0 amide bonds. The molecule has 28 heavy (non-hydrogen) atoms. The summed E-state index contributed by atoms with van der Waals surface area (Å²) in [6, 6.07) is 14.5. The molecule has 0 N–H and O–H groups in total. The van der Waals surface area contributed by atoms with Crippen LogP contribution in [0.2, 0.25) is 5.02 Å². The van der Waals surface area contributed by atoms with Crippen molar-refractivity contribution in [1.82, 2.24) is 10.1 Å². The lowest BCUT2D eigenvalue weighted by Gasteiger charge is -2.22. The molecule has 0 bridgehead atoms. The topological polar surface area (TPSA) is 73.1 Å². The highest BCUT2D eigenvalue weighted by molar-refractivity contribution is 7.92. The summed E-state index contributed by atoms with van der Waals surface area (Å²) in [7, 11) is -3.63. The summed E-state index contributed by atoms with van der Waals surface area (Å²) in [6.07, 6.45) is 4.01. The molecule has 3 aromatic rings. The number of rotatable bonds is 4. The summed E-state index contributed by atoms with van der Waals surface area (Å²) < 4.78 is 30.9. The van der Waals surface area contributed by atoms with Gasteiger partial charge < -0.3 is 4.52 Å². The minimum absolute atomic E-state index is 0.0523. The van der Waals surface area contributed by atoms with E-state index >= 15 is 0 Å². The van der Waals surface area contributed by atoms with E-state index in [9.17, 15) is 8.42 Å². The Labute approximate surface area is 168 Å². The van der Waals surface area contributed by atoms with Gasteiger partial charge in [-0.05, 0) is 67.5 Å². The van der Waals surface area contributed by atoms with E-state index in [0.717, 1.165) is 19.3 Å². The zero-order valence-electron chi connectivity index (χ0n) is 15.1. The van der Waals surface area contributed by atoms with Gasteiger partial charge in [-0.25, -0.2) is 8.42 Å². The highest BCUT2D eigenvalue weighted by Crippen LogP contribution is 2.55. The Balaban J connectivity index is 1.51. The fourth-order valence-corrected chi connectivity index (χ4v) is 6.16. The largest absolute Gasteiger partial charge is 0.338 e. The van der Waals surface area contributed by atoms with E-state index in [1.165, 1.54) is 23.3 Å². The molecule has 2 aliphatic rings. The van der Waals surface area contributed by atoms with E-state index in [0.29, 0.717) is 23.7 Å². The van der Waals surface area contributed by atoms with E-state index in [4.69, 9.17) is 16.1 Å². The number of nitrogens with zero attached hydrogens (tertiary/aromatic N) is 2. The molecule has 2 aliphatic carbocycles. The molecular weight excluding hydrogens is 396 g/mol. The molecule has 144 valence electrons. The lowest BCUT2D eigenvalue weighted by Crippen LogP contribution is -2.22. The van der Waals surface area contributed by atoms with Crippen molar-refractivity contribution in [2.24, 2.45) is 0 Å². The van der Waals surface area contributed by atoms with Crippen molar-refractivity contribution in [2.45, 2.75) is 47.7 Å². The van der Waals surface area contributed by atoms with Gasteiger partial charge in [0.1, 0.15) is 0 Å². The standard InChI is InChI=1S/C21H19ClN2O3S/c22-15-8-10-16(11-9-15)28(25,26)21(12-13-21)20-23-19(24-27-20)18-7-3-5-14-4-1-2-6-17(14)18/h1-2,4,6,8-11,18H,3,5,7,12-13H2. The van der Waals surface area contributed by atoms with Gasteiger partial charge in [0.05, 0.1) is 4.90 Å². The van der Waals surface area contributed by atoms with Crippen LogP contribution >= 0.6 is 11.6 Å². The van der Waals surface area contributed by atoms with Gasteiger partial charge >= 0.3 is 0 Å². The van der Waals surface area contributed by atoms with Gasteiger partial charge in [-0.3, -0.25) is 0 Å². The Bertz CT molecular complexity index is 1130. The minimum atomic E-state index is -3.63. The maximum absolute atomic E-state index is 13.2. The first kappa shape index (κ1) is 17.9. The summed E-state index contributed by atoms with van der Waals surface area (Å²) in [6.45, 7) is 0. The second-order valence-corrected chi connectivity index (χ2v) is 10.2. The van der Waals surface area contributed by atoms with Crippen molar-refractivity contribution in [3.63, 3.8) is 0 Å². The molecule has 1 aromatic heterocycles. The maximum Gasteiger partial charge on any atom is 0.248 e. The SMILES string of the molecule is O=S(=O)(c1ccc(Cl)cc1)C1(c2nc(C3CCCc4ccccc43)no2)CC1. The molecule has 0 radical (unpaired) electrons. The molecule has 2 aromatic carbocycles. The summed E-state index contributed by atoms with van der Waals surface area (Å²) in [5.74, 6) is 0.844. The van der Waals surface area contributed by atoms with Gasteiger partial charge in [0.25, 0.3) is 0 Å². The number of aryl methyl sites for hydroxylation is 1. The monoisotopic (exact) mass is 414 g/mol. The lowest BCUT2D eigenvalue weighted by molar-refractivity contribution is 0.360. The molecule has 1 atom stereocenters. The fourth-order valence-electron chi connectivity index (χ4n) is 4.13. The number of benzene rings is 2. The van der Waals surface area contributed by atoms with Gasteiger partial charge in [0, 0.05) is 10.9 Å². The zero-order chi connectivity index (χ0) is 19.4. The van der Waals surface area contributed by atoms with Crippen LogP contribution in [0.4, 0.5) is 0 Å². The second kappa shape index (κ2) is 6.42. The van der Waals surface area contributed by atoms with Crippen LogP contribution in [-0.4, -0.2) is 18.6 Å². The molecule has 7 heteroatoms. The lowest BCUT2D eigenvalue weighted by atomic mass is 9.82. The molecule has 5 nitrogen and oxygen atoms in total. The van der Waals surface area contributed by atoms with Gasteiger partial charge in [0.15, 0.2) is 20.4 Å². The quantitative estimate of drug-likeness (QED) is 0.621. The number of aromatic nitrogens is 2. The van der Waals surface area contributed by atoms with Crippen molar-refractivity contribution in [2.75, 3.05) is 0 Å². The second-order valence-electron chi connectivity index (χ2n) is 7.55. The fraction of sp³-hybridized carbons (Fsp3) is 0.333. The molecule has 0 saturated heterocycles. The van der Waals surface area contributed by atoms with E-state index in [-0.39, 0.29) is 16.7 Å². The van der Waals surface area contributed by atoms with E-state index in [1.54, 1.807) is 12.1 Å². The first-order valence-electron chi connectivity index (χ1n) is 9.43. The summed E-state index contributed by atoms with van der Waals surface area (Å²) in [5, 5.41) is 4.69. The smallest absolute Gasteiger partial charge is 0.248 e. The number of hydrogen-bond donors (Lipinski definition) is 0. The third kappa shape index (κ3) is 2.70. The van der Waals surface area contributed by atoms with Crippen LogP contribution < -0.4 is 0 Å². The van der Waals surface area contributed by atoms with E-state index < -0.39 is 14.6 Å². The average molecular weight is 415 g/mol. The molecule has 1 fully saturated rings. The van der Waals surface area contributed by atoms with Crippen LogP contribution in [0.3, 0.4) is 0 Å². The Hall–Kier alpha value is -2.18. The summed E-state index contributed by atoms with van der Waals surface area (Å²) in [4.78, 5) is 4.83. The molecule has 1 unspecified atom stereocenters. The molecular formula is C21H19ClN2O3S. The van der Waals surface area contributed by atoms with Crippen molar-refractivity contribution >= 4 is 21.4 Å². The molecule has 5 rings (SSSR count). The number of fused-ring (bicyclic) bond motifs is 1. The van der Waals surface area contributed by atoms with Gasteiger partial charge in [-0.1, -0.05) is 41.0 Å². The van der Waals surface area contributed by atoms with Gasteiger partial charge in [-0.2, -0.15) is 4.98 Å². The third-order valence-corrected chi connectivity index (χ3v) is 8.61. The van der Waals surface area contributed by atoms with Crippen molar-refractivity contribution in [3.05, 3.63) is 76.4 Å². The van der Waals surface area contributed by atoms with Crippen LogP contribution in [-0.2, 0) is 21.0 Å². The number of halogens is 1. The highest BCUT2D eigenvalue weighted by Gasteiger charge is 2.61. The van der Waals surface area contributed by atoms with Crippen molar-refractivity contribution < 1.29 is 12.9 Å². The Morgan fingerprint density at radius 3 is 2.57 bits per heavy atom. The predicted molar refractivity (Wildman–Crippen MR) is 105 cm³/mol. The van der Waals surface area contributed by atoms with Crippen molar-refractivity contribution in [3.8, 4) is 0 Å². The minimum Gasteiger partial charge on any atom is -0.338 e. The summed E-state index contributed by atoms with van der Waals surface area (Å²) >= 11 is 5.90. The maximum atomic E-state index is 13.2. The molecule has 0 spiro atoms. The third-order valence-electron chi connectivity index (χ3n) is 5.86. The first-order chi connectivity index (χ1) is 13.5. The van der Waals surface area contributed by atoms with Gasteiger partial charge in [-0.15, -0.1) is 0 Å². The van der Waals surface area contributed by atoms with Crippen LogP contribution in [0, 0.1) is 0 Å². The van der Waals surface area contributed by atoms with Crippen LogP contribution in [0.15, 0.2) is 57.9 Å². The molecule has 1 heterocycles. The van der Waals surface area contributed by atoms with Crippen molar-refractivity contribution in [1.29, 1.82) is 0 Å². The van der Waals surface area contributed by atoms with Gasteiger partial charge in [0.2, 0.25) is 5.89 Å². The molecule has 0 aliphatic heterocycles. The predicted octanol–water partition coefficient (Wildman–Crippen LogP) is 4.65. The number of sulfone groups is 1. The Morgan fingerprint density at radius 2 is 1.82 bits per heavy atom. The average Bonchev–Trinajstić information content (AvgIpc) is 3.39. The molecule has 1 saturated carbocycles. The van der Waals surface area contributed by atoms with Crippen LogP contribution in [0.25, 0.3) is 0 Å².